The van der Waals surface area contributed by atoms with E-state index >= 15 is 0 Å². The molecule has 1 aromatic rings. The number of nitrogens with one attached hydrogen (secondary N) is 1. The zero-order valence-corrected chi connectivity index (χ0v) is 17.6. The zero-order chi connectivity index (χ0) is 21.0. The van der Waals surface area contributed by atoms with Crippen molar-refractivity contribution in [3.63, 3.8) is 0 Å². The highest BCUT2D eigenvalue weighted by Crippen LogP contribution is 2.31. The third-order valence-electron chi connectivity index (χ3n) is 5.60. The average molecular weight is 406 g/mol. The van der Waals surface area contributed by atoms with Crippen LogP contribution in [0.2, 0.25) is 0 Å². The number of rotatable bonds is 3. The summed E-state index contributed by atoms with van der Waals surface area (Å²) >= 11 is 0. The van der Waals surface area contributed by atoms with Gasteiger partial charge in [-0.1, -0.05) is 12.8 Å². The van der Waals surface area contributed by atoms with E-state index in [9.17, 15) is 14.0 Å². The molecule has 1 N–H and O–H groups in total. The molecule has 0 radical (unpaired) electrons. The van der Waals surface area contributed by atoms with Crippen LogP contribution in [-0.4, -0.2) is 59.6 Å². The maximum atomic E-state index is 13.0. The van der Waals surface area contributed by atoms with E-state index in [4.69, 9.17) is 4.74 Å². The molecule has 2 amide bonds. The molecule has 2 aliphatic rings. The summed E-state index contributed by atoms with van der Waals surface area (Å²) in [6.07, 6.45) is 4.03. The van der Waals surface area contributed by atoms with E-state index in [0.717, 1.165) is 38.8 Å². The highest BCUT2D eigenvalue weighted by Gasteiger charge is 2.38. The predicted molar refractivity (Wildman–Crippen MR) is 110 cm³/mol. The van der Waals surface area contributed by atoms with Gasteiger partial charge in [-0.05, 0) is 57.9 Å². The molecule has 29 heavy (non-hydrogen) atoms. The molecule has 7 heteroatoms. The number of halogens is 1. The van der Waals surface area contributed by atoms with E-state index in [1.165, 1.54) is 12.1 Å². The third kappa shape index (κ3) is 5.92. The summed E-state index contributed by atoms with van der Waals surface area (Å²) in [5, 5.41) is 2.81. The first-order valence-electron chi connectivity index (χ1n) is 10.5. The van der Waals surface area contributed by atoms with Crippen LogP contribution in [0, 0.1) is 11.7 Å². The van der Waals surface area contributed by atoms with Gasteiger partial charge in [-0.2, -0.15) is 0 Å². The minimum absolute atomic E-state index is 0.0948. The van der Waals surface area contributed by atoms with E-state index in [0.29, 0.717) is 18.8 Å². The molecule has 6 nitrogen and oxygen atoms in total. The van der Waals surface area contributed by atoms with Crippen LogP contribution in [0.5, 0.6) is 0 Å². The summed E-state index contributed by atoms with van der Waals surface area (Å²) in [7, 11) is 0. The van der Waals surface area contributed by atoms with Gasteiger partial charge in [-0.15, -0.1) is 0 Å². The van der Waals surface area contributed by atoms with Crippen LogP contribution < -0.4 is 5.32 Å². The highest BCUT2D eigenvalue weighted by atomic mass is 19.1. The number of urea groups is 1. The SMILES string of the molecule is CC(C)(C)OC(=O)[C@@H]1CCCC[C@H]1N1CCN(C(=O)Nc2ccc(F)cc2)CC1. The first kappa shape index (κ1) is 21.6. The largest absolute Gasteiger partial charge is 0.460 e. The number of benzene rings is 1. The molecule has 1 saturated heterocycles. The number of hydrogen-bond donors (Lipinski definition) is 1. The smallest absolute Gasteiger partial charge is 0.321 e. The van der Waals surface area contributed by atoms with Crippen molar-refractivity contribution in [1.82, 2.24) is 9.80 Å². The van der Waals surface area contributed by atoms with Crippen LogP contribution in [0.1, 0.15) is 46.5 Å². The van der Waals surface area contributed by atoms with Gasteiger partial charge in [-0.25, -0.2) is 9.18 Å². The lowest BCUT2D eigenvalue weighted by Crippen LogP contribution is -2.56. The molecular weight excluding hydrogens is 373 g/mol. The topological polar surface area (TPSA) is 61.9 Å². The van der Waals surface area contributed by atoms with Crippen LogP contribution in [-0.2, 0) is 9.53 Å². The Bertz CT molecular complexity index is 709. The number of hydrogen-bond acceptors (Lipinski definition) is 4. The fraction of sp³-hybridized carbons (Fsp3) is 0.636. The fourth-order valence-corrected chi connectivity index (χ4v) is 4.19. The number of carbonyl (C=O) groups is 2. The minimum atomic E-state index is -0.476. The number of esters is 1. The first-order valence-corrected chi connectivity index (χ1v) is 10.5. The van der Waals surface area contributed by atoms with Gasteiger partial charge in [0.2, 0.25) is 0 Å². The first-order chi connectivity index (χ1) is 13.7. The van der Waals surface area contributed by atoms with Crippen molar-refractivity contribution in [3.05, 3.63) is 30.1 Å². The Balaban J connectivity index is 1.55. The monoisotopic (exact) mass is 405 g/mol. The molecule has 0 bridgehead atoms. The molecule has 1 aromatic carbocycles. The quantitative estimate of drug-likeness (QED) is 0.776. The lowest BCUT2D eigenvalue weighted by molar-refractivity contribution is -0.164. The van der Waals surface area contributed by atoms with Crippen LogP contribution in [0.4, 0.5) is 14.9 Å². The molecule has 1 aliphatic heterocycles. The number of piperazine rings is 1. The Labute approximate surface area is 172 Å². The molecule has 2 fully saturated rings. The van der Waals surface area contributed by atoms with Crippen LogP contribution in [0.25, 0.3) is 0 Å². The molecule has 3 rings (SSSR count). The minimum Gasteiger partial charge on any atom is -0.460 e. The summed E-state index contributed by atoms with van der Waals surface area (Å²) in [4.78, 5) is 29.3. The Morgan fingerprint density at radius 1 is 1.03 bits per heavy atom. The van der Waals surface area contributed by atoms with Crippen LogP contribution in [0.15, 0.2) is 24.3 Å². The lowest BCUT2D eigenvalue weighted by Gasteiger charge is -2.43. The maximum absolute atomic E-state index is 13.0. The molecule has 0 aromatic heterocycles. The third-order valence-corrected chi connectivity index (χ3v) is 5.60. The summed E-state index contributed by atoms with van der Waals surface area (Å²) in [5.41, 5.74) is 0.104. The molecule has 1 aliphatic carbocycles. The van der Waals surface area contributed by atoms with Gasteiger partial charge in [0.15, 0.2) is 0 Å². The van der Waals surface area contributed by atoms with E-state index in [-0.39, 0.29) is 29.8 Å². The number of amides is 2. The molecule has 0 unspecified atom stereocenters. The van der Waals surface area contributed by atoms with Crippen molar-refractivity contribution in [2.24, 2.45) is 5.92 Å². The van der Waals surface area contributed by atoms with E-state index in [1.807, 2.05) is 20.8 Å². The van der Waals surface area contributed by atoms with E-state index in [1.54, 1.807) is 17.0 Å². The maximum Gasteiger partial charge on any atom is 0.321 e. The van der Waals surface area contributed by atoms with Crippen LogP contribution >= 0.6 is 0 Å². The summed E-state index contributed by atoms with van der Waals surface area (Å²) in [6.45, 7) is 8.39. The summed E-state index contributed by atoms with van der Waals surface area (Å²) in [6, 6.07) is 5.76. The second-order valence-electron chi connectivity index (χ2n) is 8.95. The Kier molecular flexibility index (Phi) is 6.77. The van der Waals surface area contributed by atoms with Crippen molar-refractivity contribution in [3.8, 4) is 0 Å². The van der Waals surface area contributed by atoms with Gasteiger partial charge in [-0.3, -0.25) is 9.69 Å². The molecule has 0 spiro atoms. The molecule has 1 heterocycles. The molecule has 1 saturated carbocycles. The number of carbonyl (C=O) groups excluding carboxylic acids is 2. The Morgan fingerprint density at radius 3 is 2.28 bits per heavy atom. The fourth-order valence-electron chi connectivity index (χ4n) is 4.19. The normalized spacial score (nSPS) is 23.5. The van der Waals surface area contributed by atoms with Crippen molar-refractivity contribution < 1.29 is 18.7 Å². The van der Waals surface area contributed by atoms with Crippen molar-refractivity contribution in [1.29, 1.82) is 0 Å². The summed E-state index contributed by atoms with van der Waals surface area (Å²) < 4.78 is 18.7. The van der Waals surface area contributed by atoms with Crippen molar-refractivity contribution >= 4 is 17.7 Å². The van der Waals surface area contributed by atoms with Gasteiger partial charge in [0, 0.05) is 37.9 Å². The van der Waals surface area contributed by atoms with Gasteiger partial charge in [0.05, 0.1) is 5.92 Å². The number of anilines is 1. The predicted octanol–water partition coefficient (Wildman–Crippen LogP) is 3.88. The van der Waals surface area contributed by atoms with Gasteiger partial charge >= 0.3 is 12.0 Å². The zero-order valence-electron chi connectivity index (χ0n) is 17.6. The van der Waals surface area contributed by atoms with Gasteiger partial charge in [0.25, 0.3) is 0 Å². The van der Waals surface area contributed by atoms with Crippen LogP contribution in [0.3, 0.4) is 0 Å². The summed E-state index contributed by atoms with van der Waals surface area (Å²) in [5.74, 6) is -0.523. The number of ether oxygens (including phenoxy) is 1. The molecule has 160 valence electrons. The molecule has 2 atom stereocenters. The standard InChI is InChI=1S/C22H32FN3O3/c1-22(2,3)29-20(27)18-6-4-5-7-19(18)25-12-14-26(15-13-25)21(28)24-17-10-8-16(23)9-11-17/h8-11,18-19H,4-7,12-15H2,1-3H3,(H,24,28)/t18-,19-/m1/s1. The van der Waals surface area contributed by atoms with Crippen molar-refractivity contribution in [2.45, 2.75) is 58.1 Å². The second-order valence-corrected chi connectivity index (χ2v) is 8.95. The van der Waals surface area contributed by atoms with E-state index < -0.39 is 5.60 Å². The van der Waals surface area contributed by atoms with Crippen molar-refractivity contribution in [2.75, 3.05) is 31.5 Å². The highest BCUT2D eigenvalue weighted by molar-refractivity contribution is 5.89. The average Bonchev–Trinajstić information content (AvgIpc) is 2.68. The Morgan fingerprint density at radius 2 is 1.66 bits per heavy atom. The second kappa shape index (κ2) is 9.11. The van der Waals surface area contributed by atoms with Gasteiger partial charge < -0.3 is 15.0 Å². The molecular formula is C22H32FN3O3. The lowest BCUT2D eigenvalue weighted by atomic mass is 9.83. The number of nitrogens with zero attached hydrogens (tertiary/aromatic N) is 2. The Hall–Kier alpha value is -2.15. The van der Waals surface area contributed by atoms with E-state index in [2.05, 4.69) is 10.2 Å². The van der Waals surface area contributed by atoms with Gasteiger partial charge in [0.1, 0.15) is 11.4 Å².